The van der Waals surface area contributed by atoms with Crippen molar-refractivity contribution >= 4 is 22.8 Å². The van der Waals surface area contributed by atoms with Crippen molar-refractivity contribution in [2.75, 3.05) is 13.1 Å². The molecule has 1 aromatic carbocycles. The summed E-state index contributed by atoms with van der Waals surface area (Å²) >= 11 is 0. The van der Waals surface area contributed by atoms with Gasteiger partial charge in [-0.3, -0.25) is 4.79 Å². The van der Waals surface area contributed by atoms with E-state index in [1.165, 1.54) is 0 Å². The number of carbonyl (C=O) groups is 2. The fraction of sp³-hybridized carbons (Fsp3) is 0.375. The number of benzene rings is 1. The van der Waals surface area contributed by atoms with Crippen LogP contribution in [0.1, 0.15) is 37.2 Å². The van der Waals surface area contributed by atoms with Gasteiger partial charge in [0.15, 0.2) is 0 Å². The summed E-state index contributed by atoms with van der Waals surface area (Å²) in [5.41, 5.74) is 1.02. The van der Waals surface area contributed by atoms with Crippen LogP contribution in [0.15, 0.2) is 30.5 Å². The van der Waals surface area contributed by atoms with Crippen LogP contribution in [0.5, 0.6) is 0 Å². The molecule has 0 saturated heterocycles. The number of likely N-dealkylation sites (N-methyl/N-ethyl adjacent to an activating group) is 1. The first-order valence-electron chi connectivity index (χ1n) is 7.12. The molecule has 0 aliphatic heterocycles. The third-order valence-corrected chi connectivity index (χ3v) is 3.84. The summed E-state index contributed by atoms with van der Waals surface area (Å²) < 4.78 is 1.84. The lowest BCUT2D eigenvalue weighted by Gasteiger charge is -2.24. The van der Waals surface area contributed by atoms with Gasteiger partial charge in [0.05, 0.1) is 5.56 Å². The SMILES string of the molecule is CCN(CC)C(=O)[C@@H](C)n1ccc2c(C(=O)O)cccc21. The number of carbonyl (C=O) groups excluding carboxylic acids is 1. The summed E-state index contributed by atoms with van der Waals surface area (Å²) in [5.74, 6) is -0.917. The number of nitrogens with zero attached hydrogens (tertiary/aromatic N) is 2. The van der Waals surface area contributed by atoms with Crippen LogP contribution in [0.4, 0.5) is 0 Å². The number of hydrogen-bond acceptors (Lipinski definition) is 2. The molecule has 1 amide bonds. The maximum Gasteiger partial charge on any atom is 0.336 e. The summed E-state index contributed by atoms with van der Waals surface area (Å²) in [7, 11) is 0. The van der Waals surface area contributed by atoms with E-state index in [4.69, 9.17) is 0 Å². The smallest absolute Gasteiger partial charge is 0.336 e. The Morgan fingerprint density at radius 3 is 2.48 bits per heavy atom. The van der Waals surface area contributed by atoms with Gasteiger partial charge in [0.2, 0.25) is 5.91 Å². The van der Waals surface area contributed by atoms with Crippen LogP contribution in [0.3, 0.4) is 0 Å². The molecule has 0 spiro atoms. The molecule has 0 radical (unpaired) electrons. The summed E-state index contributed by atoms with van der Waals surface area (Å²) in [5, 5.41) is 9.88. The van der Waals surface area contributed by atoms with Crippen LogP contribution >= 0.6 is 0 Å². The van der Waals surface area contributed by atoms with E-state index in [2.05, 4.69) is 0 Å². The molecule has 5 nitrogen and oxygen atoms in total. The molecule has 0 unspecified atom stereocenters. The van der Waals surface area contributed by atoms with Gasteiger partial charge < -0.3 is 14.6 Å². The second-order valence-corrected chi connectivity index (χ2v) is 4.95. The molecule has 0 aliphatic carbocycles. The molecule has 112 valence electrons. The summed E-state index contributed by atoms with van der Waals surface area (Å²) in [6.45, 7) is 7.07. The largest absolute Gasteiger partial charge is 0.478 e. The Morgan fingerprint density at radius 2 is 1.90 bits per heavy atom. The van der Waals surface area contributed by atoms with E-state index in [9.17, 15) is 14.7 Å². The molecule has 0 aliphatic rings. The number of aromatic carboxylic acids is 1. The Kier molecular flexibility index (Phi) is 4.31. The van der Waals surface area contributed by atoms with Gasteiger partial charge >= 0.3 is 5.97 Å². The molecule has 0 fully saturated rings. The van der Waals surface area contributed by atoms with Crippen LogP contribution in [0, 0.1) is 0 Å². The Balaban J connectivity index is 2.46. The van der Waals surface area contributed by atoms with E-state index >= 15 is 0 Å². The molecule has 1 heterocycles. The van der Waals surface area contributed by atoms with Gasteiger partial charge in [-0.05, 0) is 39.0 Å². The van der Waals surface area contributed by atoms with Crippen LogP contribution in [0.25, 0.3) is 10.9 Å². The van der Waals surface area contributed by atoms with Crippen molar-refractivity contribution < 1.29 is 14.7 Å². The van der Waals surface area contributed by atoms with Crippen molar-refractivity contribution in [1.29, 1.82) is 0 Å². The number of carboxylic acid groups (broad SMARTS) is 1. The Hall–Kier alpha value is -2.30. The Labute approximate surface area is 123 Å². The molecule has 1 aromatic heterocycles. The highest BCUT2D eigenvalue weighted by molar-refractivity contribution is 6.03. The zero-order valence-corrected chi connectivity index (χ0v) is 12.5. The molecule has 2 rings (SSSR count). The fourth-order valence-electron chi connectivity index (χ4n) is 2.63. The summed E-state index contributed by atoms with van der Waals surface area (Å²) in [6.07, 6.45) is 1.78. The predicted molar refractivity (Wildman–Crippen MR) is 81.5 cm³/mol. The minimum Gasteiger partial charge on any atom is -0.478 e. The van der Waals surface area contributed by atoms with Crippen molar-refractivity contribution in [3.63, 3.8) is 0 Å². The van der Waals surface area contributed by atoms with Gasteiger partial charge in [-0.25, -0.2) is 4.79 Å². The molecular formula is C16H20N2O3. The van der Waals surface area contributed by atoms with E-state index in [0.29, 0.717) is 18.5 Å². The van der Waals surface area contributed by atoms with Crippen LogP contribution in [-0.2, 0) is 4.79 Å². The highest BCUT2D eigenvalue weighted by Gasteiger charge is 2.21. The lowest BCUT2D eigenvalue weighted by Crippen LogP contribution is -2.35. The maximum atomic E-state index is 12.5. The van der Waals surface area contributed by atoms with Gasteiger partial charge in [-0.1, -0.05) is 6.07 Å². The molecule has 0 bridgehead atoms. The number of hydrogen-bond donors (Lipinski definition) is 1. The van der Waals surface area contributed by atoms with Crippen molar-refractivity contribution in [2.45, 2.75) is 26.8 Å². The van der Waals surface area contributed by atoms with Crippen molar-refractivity contribution in [1.82, 2.24) is 9.47 Å². The zero-order valence-electron chi connectivity index (χ0n) is 12.5. The predicted octanol–water partition coefficient (Wildman–Crippen LogP) is 2.77. The number of amides is 1. The van der Waals surface area contributed by atoms with Crippen molar-refractivity contribution in [2.24, 2.45) is 0 Å². The van der Waals surface area contributed by atoms with Crippen LogP contribution in [0.2, 0.25) is 0 Å². The number of aromatic nitrogens is 1. The van der Waals surface area contributed by atoms with Crippen molar-refractivity contribution in [3.05, 3.63) is 36.0 Å². The average Bonchev–Trinajstić information content (AvgIpc) is 2.91. The van der Waals surface area contributed by atoms with Gasteiger partial charge in [0.1, 0.15) is 6.04 Å². The van der Waals surface area contributed by atoms with Gasteiger partial charge in [-0.15, -0.1) is 0 Å². The van der Waals surface area contributed by atoms with E-state index in [1.807, 2.05) is 31.4 Å². The highest BCUT2D eigenvalue weighted by Crippen LogP contribution is 2.24. The number of carboxylic acids is 1. The standard InChI is InChI=1S/C16H20N2O3/c1-4-17(5-2)15(19)11(3)18-10-9-12-13(16(20)21)7-6-8-14(12)18/h6-11H,4-5H2,1-3H3,(H,20,21)/t11-/m1/s1. The fourth-order valence-corrected chi connectivity index (χ4v) is 2.63. The molecule has 21 heavy (non-hydrogen) atoms. The van der Waals surface area contributed by atoms with Crippen LogP contribution < -0.4 is 0 Å². The summed E-state index contributed by atoms with van der Waals surface area (Å²) in [6, 6.07) is 6.52. The zero-order chi connectivity index (χ0) is 15.6. The van der Waals surface area contributed by atoms with Gasteiger partial charge in [-0.2, -0.15) is 0 Å². The quantitative estimate of drug-likeness (QED) is 0.920. The number of rotatable bonds is 5. The molecule has 2 aromatic rings. The molecule has 0 saturated carbocycles. The third-order valence-electron chi connectivity index (χ3n) is 3.84. The third kappa shape index (κ3) is 2.63. The topological polar surface area (TPSA) is 62.5 Å². The minimum atomic E-state index is -0.957. The van der Waals surface area contributed by atoms with E-state index in [1.54, 1.807) is 29.3 Å². The monoisotopic (exact) mass is 288 g/mol. The van der Waals surface area contributed by atoms with E-state index in [0.717, 1.165) is 5.52 Å². The van der Waals surface area contributed by atoms with Crippen molar-refractivity contribution in [3.8, 4) is 0 Å². The lowest BCUT2D eigenvalue weighted by atomic mass is 10.1. The van der Waals surface area contributed by atoms with Gasteiger partial charge in [0, 0.05) is 30.2 Å². The van der Waals surface area contributed by atoms with Crippen LogP contribution in [-0.4, -0.2) is 39.5 Å². The second-order valence-electron chi connectivity index (χ2n) is 4.95. The first-order chi connectivity index (χ1) is 10.0. The average molecular weight is 288 g/mol. The van der Waals surface area contributed by atoms with E-state index in [-0.39, 0.29) is 17.5 Å². The minimum absolute atomic E-state index is 0.0400. The molecule has 1 atom stereocenters. The normalized spacial score (nSPS) is 12.3. The lowest BCUT2D eigenvalue weighted by molar-refractivity contribution is -0.133. The Morgan fingerprint density at radius 1 is 1.24 bits per heavy atom. The second kappa shape index (κ2) is 5.99. The Bertz CT molecular complexity index is 671. The van der Waals surface area contributed by atoms with Gasteiger partial charge in [0.25, 0.3) is 0 Å². The molecular weight excluding hydrogens is 268 g/mol. The van der Waals surface area contributed by atoms with E-state index < -0.39 is 5.97 Å². The molecule has 5 heteroatoms. The first-order valence-corrected chi connectivity index (χ1v) is 7.12. The molecule has 1 N–H and O–H groups in total. The summed E-state index contributed by atoms with van der Waals surface area (Å²) in [4.78, 5) is 25.5. The first kappa shape index (κ1) is 15.1. The highest BCUT2D eigenvalue weighted by atomic mass is 16.4. The maximum absolute atomic E-state index is 12.5. The number of fused-ring (bicyclic) bond motifs is 1.